The zero-order valence-corrected chi connectivity index (χ0v) is 16.0. The predicted molar refractivity (Wildman–Crippen MR) is 112 cm³/mol. The zero-order chi connectivity index (χ0) is 18.4. The summed E-state index contributed by atoms with van der Waals surface area (Å²) in [4.78, 5) is 25.5. The number of carbonyl (C=O) groups is 2. The van der Waals surface area contributed by atoms with Gasteiger partial charge >= 0.3 is 0 Å². The standard InChI is InChI=1S/C21H19NO2S2/c1-15-7-10-17(11-8-15)22-20(24)19(21-25-13-14-26-21)18(23)12-9-16-5-3-2-4-6-16/h2-12H,13-14H2,1H3,(H,22,24)/b12-9+. The minimum atomic E-state index is -0.353. The lowest BCUT2D eigenvalue weighted by Crippen LogP contribution is -2.20. The Morgan fingerprint density at radius 1 is 0.962 bits per heavy atom. The Labute approximate surface area is 162 Å². The Balaban J connectivity index is 1.82. The molecule has 1 aliphatic rings. The molecule has 26 heavy (non-hydrogen) atoms. The molecule has 1 aliphatic heterocycles. The number of amides is 1. The van der Waals surface area contributed by atoms with Crippen molar-refractivity contribution in [2.45, 2.75) is 6.92 Å². The Morgan fingerprint density at radius 3 is 2.27 bits per heavy atom. The molecule has 2 aromatic carbocycles. The highest BCUT2D eigenvalue weighted by Gasteiger charge is 2.25. The maximum absolute atomic E-state index is 12.8. The topological polar surface area (TPSA) is 46.2 Å². The van der Waals surface area contributed by atoms with E-state index in [0.29, 0.717) is 5.69 Å². The van der Waals surface area contributed by atoms with Gasteiger partial charge in [0.2, 0.25) is 0 Å². The average molecular weight is 382 g/mol. The van der Waals surface area contributed by atoms with Crippen LogP contribution in [0.5, 0.6) is 0 Å². The molecule has 1 fully saturated rings. The number of hydrogen-bond donors (Lipinski definition) is 1. The van der Waals surface area contributed by atoms with Crippen LogP contribution in [0.2, 0.25) is 0 Å². The van der Waals surface area contributed by atoms with E-state index in [1.807, 2.05) is 61.5 Å². The molecule has 3 rings (SSSR count). The Bertz CT molecular complexity index is 847. The first-order valence-corrected chi connectivity index (χ1v) is 10.3. The first-order chi connectivity index (χ1) is 12.6. The molecule has 1 saturated heterocycles. The summed E-state index contributed by atoms with van der Waals surface area (Å²) in [6, 6.07) is 17.1. The van der Waals surface area contributed by atoms with Crippen molar-refractivity contribution in [3.05, 3.63) is 81.6 Å². The lowest BCUT2D eigenvalue weighted by Gasteiger charge is -2.09. The number of benzene rings is 2. The second-order valence-electron chi connectivity index (χ2n) is 5.79. The van der Waals surface area contributed by atoms with Crippen molar-refractivity contribution in [1.29, 1.82) is 0 Å². The molecule has 3 nitrogen and oxygen atoms in total. The van der Waals surface area contributed by atoms with E-state index in [4.69, 9.17) is 0 Å². The van der Waals surface area contributed by atoms with E-state index in [-0.39, 0.29) is 17.3 Å². The molecule has 0 aliphatic carbocycles. The average Bonchev–Trinajstić information content (AvgIpc) is 3.17. The van der Waals surface area contributed by atoms with Crippen LogP contribution in [0.15, 0.2) is 70.5 Å². The highest BCUT2D eigenvalue weighted by molar-refractivity contribution is 8.25. The number of anilines is 1. The number of carbonyl (C=O) groups excluding carboxylic acids is 2. The van der Waals surface area contributed by atoms with Crippen molar-refractivity contribution in [2.24, 2.45) is 0 Å². The molecule has 1 N–H and O–H groups in total. The van der Waals surface area contributed by atoms with Crippen LogP contribution in [0, 0.1) is 6.92 Å². The molecule has 0 aromatic heterocycles. The molecule has 132 valence electrons. The second-order valence-corrected chi connectivity index (χ2v) is 8.26. The van der Waals surface area contributed by atoms with Gasteiger partial charge in [-0.25, -0.2) is 0 Å². The van der Waals surface area contributed by atoms with Gasteiger partial charge in [-0.3, -0.25) is 9.59 Å². The van der Waals surface area contributed by atoms with Crippen LogP contribution in [-0.4, -0.2) is 23.2 Å². The summed E-state index contributed by atoms with van der Waals surface area (Å²) in [6.07, 6.45) is 3.22. The molecular weight excluding hydrogens is 362 g/mol. The van der Waals surface area contributed by atoms with E-state index >= 15 is 0 Å². The second kappa shape index (κ2) is 8.92. The van der Waals surface area contributed by atoms with Gasteiger partial charge in [0, 0.05) is 17.2 Å². The summed E-state index contributed by atoms with van der Waals surface area (Å²) < 4.78 is 0.803. The first kappa shape index (κ1) is 18.5. The fraction of sp³-hybridized carbons (Fsp3) is 0.143. The fourth-order valence-corrected chi connectivity index (χ4v) is 4.96. The van der Waals surface area contributed by atoms with Crippen molar-refractivity contribution < 1.29 is 9.59 Å². The summed E-state index contributed by atoms with van der Waals surface area (Å²) in [5.41, 5.74) is 2.96. The monoisotopic (exact) mass is 381 g/mol. The molecule has 0 saturated carbocycles. The van der Waals surface area contributed by atoms with E-state index in [1.165, 1.54) is 6.08 Å². The highest BCUT2D eigenvalue weighted by atomic mass is 32.2. The maximum Gasteiger partial charge on any atom is 0.261 e. The van der Waals surface area contributed by atoms with Crippen molar-refractivity contribution in [3.63, 3.8) is 0 Å². The van der Waals surface area contributed by atoms with Gasteiger partial charge < -0.3 is 5.32 Å². The lowest BCUT2D eigenvalue weighted by atomic mass is 10.1. The van der Waals surface area contributed by atoms with Gasteiger partial charge in [0.05, 0.1) is 4.24 Å². The van der Waals surface area contributed by atoms with Crippen molar-refractivity contribution in [2.75, 3.05) is 16.8 Å². The minimum Gasteiger partial charge on any atom is -0.322 e. The van der Waals surface area contributed by atoms with Crippen LogP contribution < -0.4 is 5.32 Å². The van der Waals surface area contributed by atoms with Crippen LogP contribution in [0.4, 0.5) is 5.69 Å². The smallest absolute Gasteiger partial charge is 0.261 e. The molecule has 5 heteroatoms. The minimum absolute atomic E-state index is 0.227. The predicted octanol–water partition coefficient (Wildman–Crippen LogP) is 4.91. The number of allylic oxidation sites excluding steroid dienone is 1. The van der Waals surface area contributed by atoms with E-state index in [2.05, 4.69) is 5.32 Å². The quantitative estimate of drug-likeness (QED) is 0.454. The number of thioether (sulfide) groups is 2. The van der Waals surface area contributed by atoms with Crippen molar-refractivity contribution in [3.8, 4) is 0 Å². The highest BCUT2D eigenvalue weighted by Crippen LogP contribution is 2.39. The van der Waals surface area contributed by atoms with Gasteiger partial charge in [0.15, 0.2) is 5.78 Å². The third kappa shape index (κ3) is 4.90. The summed E-state index contributed by atoms with van der Waals surface area (Å²) in [7, 11) is 0. The van der Waals surface area contributed by atoms with E-state index in [9.17, 15) is 9.59 Å². The molecule has 1 amide bonds. The largest absolute Gasteiger partial charge is 0.322 e. The molecule has 0 radical (unpaired) electrons. The van der Waals surface area contributed by atoms with E-state index in [1.54, 1.807) is 29.6 Å². The zero-order valence-electron chi connectivity index (χ0n) is 14.4. The SMILES string of the molecule is Cc1ccc(NC(=O)C(C(=O)/C=C/c2ccccc2)=C2SCCS2)cc1. The first-order valence-electron chi connectivity index (χ1n) is 8.29. The van der Waals surface area contributed by atoms with E-state index in [0.717, 1.165) is 26.9 Å². The number of hydrogen-bond acceptors (Lipinski definition) is 4. The maximum atomic E-state index is 12.8. The van der Waals surface area contributed by atoms with Gasteiger partial charge in [0.25, 0.3) is 5.91 Å². The lowest BCUT2D eigenvalue weighted by molar-refractivity contribution is -0.117. The third-order valence-corrected chi connectivity index (χ3v) is 6.48. The van der Waals surface area contributed by atoms with E-state index < -0.39 is 0 Å². The Morgan fingerprint density at radius 2 is 1.62 bits per heavy atom. The molecule has 0 unspecified atom stereocenters. The third-order valence-electron chi connectivity index (χ3n) is 3.76. The summed E-state index contributed by atoms with van der Waals surface area (Å²) in [6.45, 7) is 1.99. The van der Waals surface area contributed by atoms with Crippen molar-refractivity contribution in [1.82, 2.24) is 0 Å². The number of ketones is 1. The van der Waals surface area contributed by atoms with Gasteiger partial charge in [-0.1, -0.05) is 54.1 Å². The van der Waals surface area contributed by atoms with Crippen LogP contribution in [0.3, 0.4) is 0 Å². The molecule has 0 spiro atoms. The summed E-state index contributed by atoms with van der Waals surface area (Å²) in [5.74, 6) is 1.21. The molecular formula is C21H19NO2S2. The molecule has 2 aromatic rings. The number of nitrogens with one attached hydrogen (secondary N) is 1. The Hall–Kier alpha value is -2.24. The van der Waals surface area contributed by atoms with Crippen LogP contribution in [0.1, 0.15) is 11.1 Å². The van der Waals surface area contributed by atoms with Gasteiger partial charge in [-0.15, -0.1) is 23.5 Å². The Kier molecular flexibility index (Phi) is 6.36. The molecule has 0 atom stereocenters. The van der Waals surface area contributed by atoms with Gasteiger partial charge in [0.1, 0.15) is 5.57 Å². The van der Waals surface area contributed by atoms with Crippen LogP contribution in [-0.2, 0) is 9.59 Å². The van der Waals surface area contributed by atoms with Crippen LogP contribution in [0.25, 0.3) is 6.08 Å². The normalized spacial score (nSPS) is 13.8. The number of rotatable bonds is 5. The molecule has 0 bridgehead atoms. The fourth-order valence-electron chi connectivity index (χ4n) is 2.41. The summed E-state index contributed by atoms with van der Waals surface area (Å²) in [5, 5.41) is 2.85. The number of aryl methyl sites for hydroxylation is 1. The van der Waals surface area contributed by atoms with Crippen molar-refractivity contribution >= 4 is 47.0 Å². The van der Waals surface area contributed by atoms with Gasteiger partial charge in [-0.05, 0) is 30.7 Å². The van der Waals surface area contributed by atoms with Crippen LogP contribution >= 0.6 is 23.5 Å². The molecule has 1 heterocycles. The van der Waals surface area contributed by atoms with Gasteiger partial charge in [-0.2, -0.15) is 0 Å². The summed E-state index contributed by atoms with van der Waals surface area (Å²) >= 11 is 3.14.